The first-order valence-electron chi connectivity index (χ1n) is 3.98. The number of hydrogen-bond acceptors (Lipinski definition) is 3. The summed E-state index contributed by atoms with van der Waals surface area (Å²) in [4.78, 5) is 0. The van der Waals surface area contributed by atoms with Crippen molar-refractivity contribution in [1.29, 1.82) is 0 Å². The summed E-state index contributed by atoms with van der Waals surface area (Å²) < 4.78 is 0. The summed E-state index contributed by atoms with van der Waals surface area (Å²) in [5.41, 5.74) is 1.00. The van der Waals surface area contributed by atoms with E-state index in [2.05, 4.69) is 5.32 Å². The quantitative estimate of drug-likeness (QED) is 0.674. The van der Waals surface area contributed by atoms with Crippen molar-refractivity contribution in [2.75, 3.05) is 6.54 Å². The molecular weight excluding hydrogens is 170 g/mol. The summed E-state index contributed by atoms with van der Waals surface area (Å²) in [5.74, 6) is 0. The molecule has 2 N–H and O–H groups in total. The van der Waals surface area contributed by atoms with Gasteiger partial charge in [0.15, 0.2) is 0 Å². The maximum atomic E-state index is 9.80. The third-order valence-electron chi connectivity index (χ3n) is 2.04. The fourth-order valence-electron chi connectivity index (χ4n) is 1.35. The minimum atomic E-state index is -0.394. The fourth-order valence-corrected chi connectivity index (χ4v) is 2.04. The van der Waals surface area contributed by atoms with Crippen LogP contribution >= 0.6 is 11.3 Å². The zero-order chi connectivity index (χ0) is 8.39. The van der Waals surface area contributed by atoms with E-state index >= 15 is 0 Å². The van der Waals surface area contributed by atoms with Gasteiger partial charge in [-0.3, -0.25) is 0 Å². The van der Waals surface area contributed by atoms with E-state index in [9.17, 15) is 5.11 Å². The van der Waals surface area contributed by atoms with E-state index in [-0.39, 0.29) is 6.04 Å². The van der Waals surface area contributed by atoms with Crippen LogP contribution in [0.25, 0.3) is 0 Å². The van der Waals surface area contributed by atoms with E-state index in [4.69, 9.17) is 0 Å². The number of rotatable bonds is 2. The minimum absolute atomic E-state index is 0.0969. The molecule has 2 unspecified atom stereocenters. The fraction of sp³-hybridized carbons (Fsp3) is 0.333. The van der Waals surface area contributed by atoms with Crippen molar-refractivity contribution >= 4 is 11.3 Å². The predicted octanol–water partition coefficient (Wildman–Crippen LogP) is 1.31. The van der Waals surface area contributed by atoms with Gasteiger partial charge in [0.25, 0.3) is 0 Å². The van der Waals surface area contributed by atoms with E-state index in [0.717, 1.165) is 12.1 Å². The van der Waals surface area contributed by atoms with Crippen LogP contribution in [-0.2, 0) is 0 Å². The largest absolute Gasteiger partial charge is 0.386 e. The zero-order valence-electron chi connectivity index (χ0n) is 6.60. The first-order chi connectivity index (χ1) is 5.88. The van der Waals surface area contributed by atoms with Gasteiger partial charge in [0.1, 0.15) is 0 Å². The lowest BCUT2D eigenvalue weighted by Crippen LogP contribution is -2.28. The van der Waals surface area contributed by atoms with Gasteiger partial charge in [0.2, 0.25) is 0 Å². The molecule has 0 saturated carbocycles. The van der Waals surface area contributed by atoms with Gasteiger partial charge >= 0.3 is 0 Å². The van der Waals surface area contributed by atoms with Crippen LogP contribution in [0.4, 0.5) is 0 Å². The van der Waals surface area contributed by atoms with Gasteiger partial charge in [-0.25, -0.2) is 0 Å². The SMILES string of the molecule is OC(c1ccsc1)C1C=CCN1. The molecule has 0 spiro atoms. The molecule has 1 aliphatic rings. The molecule has 64 valence electrons. The van der Waals surface area contributed by atoms with E-state index in [1.54, 1.807) is 11.3 Å². The molecule has 1 aromatic rings. The Labute approximate surface area is 75.5 Å². The Morgan fingerprint density at radius 3 is 3.17 bits per heavy atom. The van der Waals surface area contributed by atoms with Gasteiger partial charge in [0.05, 0.1) is 12.1 Å². The van der Waals surface area contributed by atoms with Crippen molar-refractivity contribution in [1.82, 2.24) is 5.32 Å². The highest BCUT2D eigenvalue weighted by atomic mass is 32.1. The molecule has 0 aliphatic carbocycles. The molecule has 12 heavy (non-hydrogen) atoms. The van der Waals surface area contributed by atoms with Gasteiger partial charge in [-0.1, -0.05) is 12.2 Å². The van der Waals surface area contributed by atoms with Crippen molar-refractivity contribution in [2.24, 2.45) is 0 Å². The second-order valence-electron chi connectivity index (χ2n) is 2.86. The Morgan fingerprint density at radius 1 is 1.67 bits per heavy atom. The van der Waals surface area contributed by atoms with Crippen LogP contribution in [0.3, 0.4) is 0 Å². The van der Waals surface area contributed by atoms with Gasteiger partial charge in [0, 0.05) is 6.54 Å². The molecular formula is C9H11NOS. The highest BCUT2D eigenvalue weighted by Crippen LogP contribution is 2.21. The van der Waals surface area contributed by atoms with E-state index in [1.807, 2.05) is 29.0 Å². The van der Waals surface area contributed by atoms with Crippen LogP contribution in [0.1, 0.15) is 11.7 Å². The van der Waals surface area contributed by atoms with Gasteiger partial charge in [-0.05, 0) is 22.4 Å². The van der Waals surface area contributed by atoms with Gasteiger partial charge in [-0.2, -0.15) is 11.3 Å². The Hall–Kier alpha value is -0.640. The van der Waals surface area contributed by atoms with Crippen molar-refractivity contribution in [3.8, 4) is 0 Å². The molecule has 0 bridgehead atoms. The lowest BCUT2D eigenvalue weighted by molar-refractivity contribution is 0.153. The smallest absolute Gasteiger partial charge is 0.0986 e. The molecule has 0 saturated heterocycles. The first kappa shape index (κ1) is 7.98. The van der Waals surface area contributed by atoms with Crippen molar-refractivity contribution in [3.05, 3.63) is 34.5 Å². The Balaban J connectivity index is 2.09. The third-order valence-corrected chi connectivity index (χ3v) is 2.74. The monoisotopic (exact) mass is 181 g/mol. The second kappa shape index (κ2) is 3.39. The Kier molecular flexibility index (Phi) is 2.26. The maximum Gasteiger partial charge on any atom is 0.0986 e. The molecule has 2 rings (SSSR count). The number of nitrogens with one attached hydrogen (secondary N) is 1. The lowest BCUT2D eigenvalue weighted by atomic mass is 10.1. The summed E-state index contributed by atoms with van der Waals surface area (Å²) in [6.45, 7) is 0.867. The van der Waals surface area contributed by atoms with Crippen molar-refractivity contribution < 1.29 is 5.11 Å². The number of thiophene rings is 1. The molecule has 1 aliphatic heterocycles. The van der Waals surface area contributed by atoms with Crippen LogP contribution < -0.4 is 5.32 Å². The van der Waals surface area contributed by atoms with Crippen LogP contribution in [0.2, 0.25) is 0 Å². The molecule has 1 aromatic heterocycles. The summed E-state index contributed by atoms with van der Waals surface area (Å²) in [6, 6.07) is 2.06. The predicted molar refractivity (Wildman–Crippen MR) is 50.2 cm³/mol. The van der Waals surface area contributed by atoms with Gasteiger partial charge in [-0.15, -0.1) is 0 Å². The molecule has 2 heterocycles. The Morgan fingerprint density at radius 2 is 2.58 bits per heavy atom. The first-order valence-corrected chi connectivity index (χ1v) is 4.92. The topological polar surface area (TPSA) is 32.3 Å². The molecule has 2 atom stereocenters. The van der Waals surface area contributed by atoms with Crippen molar-refractivity contribution in [3.63, 3.8) is 0 Å². The van der Waals surface area contributed by atoms with E-state index in [0.29, 0.717) is 0 Å². The maximum absolute atomic E-state index is 9.80. The molecule has 0 fully saturated rings. The standard InChI is InChI=1S/C9H11NOS/c11-9(7-3-5-12-6-7)8-2-1-4-10-8/h1-3,5-6,8-11H,4H2. The number of aliphatic hydroxyl groups is 1. The number of hydrogen-bond donors (Lipinski definition) is 2. The van der Waals surface area contributed by atoms with Crippen LogP contribution in [0.15, 0.2) is 29.0 Å². The third kappa shape index (κ3) is 1.43. The highest BCUT2D eigenvalue weighted by Gasteiger charge is 2.19. The van der Waals surface area contributed by atoms with Crippen LogP contribution in [0.5, 0.6) is 0 Å². The average molecular weight is 181 g/mol. The van der Waals surface area contributed by atoms with E-state index < -0.39 is 6.10 Å². The number of aliphatic hydroxyl groups excluding tert-OH is 1. The van der Waals surface area contributed by atoms with E-state index in [1.165, 1.54) is 0 Å². The van der Waals surface area contributed by atoms with Crippen molar-refractivity contribution in [2.45, 2.75) is 12.1 Å². The molecule has 0 aromatic carbocycles. The average Bonchev–Trinajstić information content (AvgIpc) is 2.77. The summed E-state index contributed by atoms with van der Waals surface area (Å²) in [5, 5.41) is 17.0. The second-order valence-corrected chi connectivity index (χ2v) is 3.64. The Bertz CT molecular complexity index is 268. The molecule has 2 nitrogen and oxygen atoms in total. The van der Waals surface area contributed by atoms with Gasteiger partial charge < -0.3 is 10.4 Å². The normalized spacial score (nSPS) is 24.6. The van der Waals surface area contributed by atoms with Crippen LogP contribution in [-0.4, -0.2) is 17.7 Å². The molecule has 0 radical (unpaired) electrons. The molecule has 3 heteroatoms. The summed E-state index contributed by atoms with van der Waals surface area (Å²) >= 11 is 1.61. The zero-order valence-corrected chi connectivity index (χ0v) is 7.42. The summed E-state index contributed by atoms with van der Waals surface area (Å²) in [7, 11) is 0. The highest BCUT2D eigenvalue weighted by molar-refractivity contribution is 7.07. The molecule has 0 amide bonds. The van der Waals surface area contributed by atoms with Crippen LogP contribution in [0, 0.1) is 0 Å². The minimum Gasteiger partial charge on any atom is -0.386 e. The summed E-state index contributed by atoms with van der Waals surface area (Å²) in [6.07, 6.45) is 3.66. The lowest BCUT2D eigenvalue weighted by Gasteiger charge is -2.15.